The van der Waals surface area contributed by atoms with E-state index in [-0.39, 0.29) is 18.4 Å². The molecule has 1 heterocycles. The molecule has 0 aliphatic carbocycles. The summed E-state index contributed by atoms with van der Waals surface area (Å²) in [6, 6.07) is 6.49. The molecular formula is C15H20N2O4. The normalized spacial score (nSPS) is 16.5. The number of nitrogens with zero attached hydrogens (tertiary/aromatic N) is 1. The van der Waals surface area contributed by atoms with E-state index in [1.54, 1.807) is 29.2 Å². The maximum Gasteiger partial charge on any atom is 0.255 e. The fourth-order valence-electron chi connectivity index (χ4n) is 2.15. The Labute approximate surface area is 123 Å². The summed E-state index contributed by atoms with van der Waals surface area (Å²) in [6.07, 6.45) is 0. The first-order valence-corrected chi connectivity index (χ1v) is 6.84. The largest absolute Gasteiger partial charge is 0.484 e. The maximum atomic E-state index is 12.2. The van der Waals surface area contributed by atoms with Crippen molar-refractivity contribution in [3.63, 3.8) is 0 Å². The third-order valence-corrected chi connectivity index (χ3v) is 3.77. The molecule has 0 unspecified atom stereocenters. The van der Waals surface area contributed by atoms with Gasteiger partial charge in [-0.2, -0.15) is 0 Å². The van der Waals surface area contributed by atoms with Crippen LogP contribution < -0.4 is 10.5 Å². The van der Waals surface area contributed by atoms with Crippen LogP contribution in [0.3, 0.4) is 0 Å². The number of carbonyl (C=O) groups is 2. The molecule has 114 valence electrons. The number of rotatable bonds is 5. The quantitative estimate of drug-likeness (QED) is 0.821. The Balaban J connectivity index is 1.94. The molecule has 0 atom stereocenters. The van der Waals surface area contributed by atoms with Crippen LogP contribution >= 0.6 is 0 Å². The molecule has 1 saturated heterocycles. The van der Waals surface area contributed by atoms with E-state index in [0.29, 0.717) is 24.4 Å². The summed E-state index contributed by atoms with van der Waals surface area (Å²) in [5.41, 5.74) is 4.73. The zero-order valence-corrected chi connectivity index (χ0v) is 12.2. The van der Waals surface area contributed by atoms with Gasteiger partial charge in [-0.05, 0) is 30.2 Å². The number of amides is 2. The minimum absolute atomic E-state index is 0.117. The summed E-state index contributed by atoms with van der Waals surface area (Å²) in [6.45, 7) is 4.38. The Morgan fingerprint density at radius 3 is 2.38 bits per heavy atom. The van der Waals surface area contributed by atoms with E-state index in [1.165, 1.54) is 0 Å². The molecule has 21 heavy (non-hydrogen) atoms. The van der Waals surface area contributed by atoms with Gasteiger partial charge in [0.15, 0.2) is 6.61 Å². The van der Waals surface area contributed by atoms with Crippen molar-refractivity contribution in [1.29, 1.82) is 0 Å². The number of benzene rings is 1. The lowest BCUT2D eigenvalue weighted by molar-refractivity contribution is -0.119. The predicted molar refractivity (Wildman–Crippen MR) is 76.8 cm³/mol. The monoisotopic (exact) mass is 292 g/mol. The maximum absolute atomic E-state index is 12.2. The van der Waals surface area contributed by atoms with Crippen LogP contribution in [-0.4, -0.2) is 47.1 Å². The third-order valence-electron chi connectivity index (χ3n) is 3.77. The van der Waals surface area contributed by atoms with Crippen molar-refractivity contribution in [2.75, 3.05) is 19.7 Å². The van der Waals surface area contributed by atoms with E-state index < -0.39 is 11.5 Å². The average molecular weight is 292 g/mol. The summed E-state index contributed by atoms with van der Waals surface area (Å²) >= 11 is 0. The van der Waals surface area contributed by atoms with Crippen LogP contribution in [0.15, 0.2) is 24.3 Å². The Bertz CT molecular complexity index is 533. The van der Waals surface area contributed by atoms with E-state index >= 15 is 0 Å². The van der Waals surface area contributed by atoms with Crippen LogP contribution in [0.4, 0.5) is 0 Å². The molecule has 6 heteroatoms. The number of hydrogen-bond acceptors (Lipinski definition) is 4. The lowest BCUT2D eigenvalue weighted by atomic mass is 9.82. The van der Waals surface area contributed by atoms with Crippen molar-refractivity contribution in [1.82, 2.24) is 4.90 Å². The first-order chi connectivity index (χ1) is 9.82. The number of carbonyl (C=O) groups excluding carboxylic acids is 2. The standard InChI is InChI=1S/C15H20N2O4/c1-10(2)15(20)8-17(9-15)14(19)11-3-5-12(6-4-11)21-7-13(16)18/h3-6,10,20H,7-9H2,1-2H3,(H2,16,18). The molecule has 1 aromatic rings. The number of β-amino-alcohol motifs (C(OH)–C–C–N with tert-alkyl or cyclic N) is 1. The molecule has 0 spiro atoms. The molecule has 0 aromatic heterocycles. The highest BCUT2D eigenvalue weighted by atomic mass is 16.5. The van der Waals surface area contributed by atoms with Gasteiger partial charge in [0.25, 0.3) is 11.8 Å². The Kier molecular flexibility index (Phi) is 4.18. The summed E-state index contributed by atoms with van der Waals surface area (Å²) in [5.74, 6) is -0.0794. The third kappa shape index (κ3) is 3.33. The Morgan fingerprint density at radius 1 is 1.33 bits per heavy atom. The molecule has 1 aliphatic rings. The van der Waals surface area contributed by atoms with Gasteiger partial charge in [-0.15, -0.1) is 0 Å². The van der Waals surface area contributed by atoms with E-state index in [2.05, 4.69) is 0 Å². The minimum atomic E-state index is -0.778. The van der Waals surface area contributed by atoms with Gasteiger partial charge in [-0.25, -0.2) is 0 Å². The van der Waals surface area contributed by atoms with Crippen molar-refractivity contribution in [2.24, 2.45) is 11.7 Å². The summed E-state index contributed by atoms with van der Waals surface area (Å²) in [4.78, 5) is 24.4. The zero-order chi connectivity index (χ0) is 15.6. The molecule has 1 fully saturated rings. The van der Waals surface area contributed by atoms with Crippen LogP contribution in [0.1, 0.15) is 24.2 Å². The molecule has 1 aliphatic heterocycles. The van der Waals surface area contributed by atoms with Crippen molar-refractivity contribution >= 4 is 11.8 Å². The molecule has 0 saturated carbocycles. The fraction of sp³-hybridized carbons (Fsp3) is 0.467. The summed E-state index contributed by atoms with van der Waals surface area (Å²) < 4.78 is 5.13. The van der Waals surface area contributed by atoms with Crippen molar-refractivity contribution in [3.8, 4) is 5.75 Å². The summed E-state index contributed by atoms with van der Waals surface area (Å²) in [5, 5.41) is 10.2. The van der Waals surface area contributed by atoms with Crippen LogP contribution in [0, 0.1) is 5.92 Å². The lowest BCUT2D eigenvalue weighted by Crippen LogP contribution is -2.65. The number of hydrogen-bond donors (Lipinski definition) is 2. The van der Waals surface area contributed by atoms with Crippen LogP contribution in [0.2, 0.25) is 0 Å². The van der Waals surface area contributed by atoms with Gasteiger partial charge in [0.05, 0.1) is 13.1 Å². The number of likely N-dealkylation sites (tertiary alicyclic amines) is 1. The Hall–Kier alpha value is -2.08. The molecule has 3 N–H and O–H groups in total. The molecule has 6 nitrogen and oxygen atoms in total. The van der Waals surface area contributed by atoms with Crippen molar-refractivity contribution in [2.45, 2.75) is 19.4 Å². The second-order valence-electron chi connectivity index (χ2n) is 5.70. The average Bonchev–Trinajstić information content (AvgIpc) is 2.41. The lowest BCUT2D eigenvalue weighted by Gasteiger charge is -2.49. The van der Waals surface area contributed by atoms with E-state index in [0.717, 1.165) is 0 Å². The molecule has 1 aromatic carbocycles. The van der Waals surface area contributed by atoms with Crippen molar-refractivity contribution in [3.05, 3.63) is 29.8 Å². The number of nitrogens with two attached hydrogens (primary N) is 1. The highest BCUT2D eigenvalue weighted by Gasteiger charge is 2.45. The highest BCUT2D eigenvalue weighted by Crippen LogP contribution is 2.29. The first-order valence-electron chi connectivity index (χ1n) is 6.84. The van der Waals surface area contributed by atoms with Gasteiger partial charge in [0.2, 0.25) is 0 Å². The van der Waals surface area contributed by atoms with E-state index in [9.17, 15) is 14.7 Å². The molecule has 0 radical (unpaired) electrons. The van der Waals surface area contributed by atoms with Crippen molar-refractivity contribution < 1.29 is 19.4 Å². The van der Waals surface area contributed by atoms with Gasteiger partial charge in [-0.3, -0.25) is 9.59 Å². The minimum Gasteiger partial charge on any atom is -0.484 e. The smallest absolute Gasteiger partial charge is 0.255 e. The Morgan fingerprint density at radius 2 is 1.90 bits per heavy atom. The fourth-order valence-corrected chi connectivity index (χ4v) is 2.15. The van der Waals surface area contributed by atoms with Gasteiger partial charge >= 0.3 is 0 Å². The number of aliphatic hydroxyl groups is 1. The second kappa shape index (κ2) is 5.73. The van der Waals surface area contributed by atoms with Gasteiger partial charge in [0, 0.05) is 5.56 Å². The number of ether oxygens (including phenoxy) is 1. The van der Waals surface area contributed by atoms with Gasteiger partial charge in [-0.1, -0.05) is 13.8 Å². The predicted octanol–water partition coefficient (Wildman–Crippen LogP) is 0.394. The molecule has 2 amide bonds. The van der Waals surface area contributed by atoms with Gasteiger partial charge < -0.3 is 20.5 Å². The second-order valence-corrected chi connectivity index (χ2v) is 5.70. The van der Waals surface area contributed by atoms with Crippen LogP contribution in [0.25, 0.3) is 0 Å². The zero-order valence-electron chi connectivity index (χ0n) is 12.2. The first kappa shape index (κ1) is 15.3. The molecular weight excluding hydrogens is 272 g/mol. The summed E-state index contributed by atoms with van der Waals surface area (Å²) in [7, 11) is 0. The van der Waals surface area contributed by atoms with Crippen LogP contribution in [-0.2, 0) is 4.79 Å². The number of primary amides is 1. The van der Waals surface area contributed by atoms with E-state index in [4.69, 9.17) is 10.5 Å². The van der Waals surface area contributed by atoms with Crippen LogP contribution in [0.5, 0.6) is 5.75 Å². The highest BCUT2D eigenvalue weighted by molar-refractivity contribution is 5.95. The van der Waals surface area contributed by atoms with E-state index in [1.807, 2.05) is 13.8 Å². The molecule has 2 rings (SSSR count). The topological polar surface area (TPSA) is 92.9 Å². The molecule has 0 bridgehead atoms. The van der Waals surface area contributed by atoms with Gasteiger partial charge in [0.1, 0.15) is 11.4 Å². The SMILES string of the molecule is CC(C)C1(O)CN(C(=O)c2ccc(OCC(N)=O)cc2)C1.